The van der Waals surface area contributed by atoms with Gasteiger partial charge in [-0.1, -0.05) is 30.3 Å². The second kappa shape index (κ2) is 14.9. The monoisotopic (exact) mass is 582 g/mol. The summed E-state index contributed by atoms with van der Waals surface area (Å²) < 4.78 is 10.5. The molecule has 0 aromatic heterocycles. The van der Waals surface area contributed by atoms with Gasteiger partial charge >= 0.3 is 12.1 Å². The Morgan fingerprint density at radius 3 is 2.17 bits per heavy atom. The van der Waals surface area contributed by atoms with Crippen LogP contribution in [0.1, 0.15) is 43.7 Å². The van der Waals surface area contributed by atoms with Crippen LogP contribution < -0.4 is 20.9 Å². The first-order valence-corrected chi connectivity index (χ1v) is 13.8. The normalized spacial score (nSPS) is 17.6. The van der Waals surface area contributed by atoms with Gasteiger partial charge in [0.1, 0.15) is 17.5 Å². The Balaban J connectivity index is 0.000000337. The third-order valence-corrected chi connectivity index (χ3v) is 7.34. The van der Waals surface area contributed by atoms with Gasteiger partial charge in [0.15, 0.2) is 6.61 Å². The largest absolute Gasteiger partial charge is 0.484 e. The van der Waals surface area contributed by atoms with Crippen LogP contribution in [-0.2, 0) is 25.6 Å². The van der Waals surface area contributed by atoms with Gasteiger partial charge in [0.25, 0.3) is 5.91 Å². The van der Waals surface area contributed by atoms with Crippen LogP contribution in [0.4, 0.5) is 4.79 Å². The molecule has 0 bridgehead atoms. The summed E-state index contributed by atoms with van der Waals surface area (Å²) in [5, 5.41) is 9.60. The quantitative estimate of drug-likeness (QED) is 0.402. The molecule has 0 saturated carbocycles. The third kappa shape index (κ3) is 8.95. The maximum atomic E-state index is 12.3. The number of rotatable bonds is 9. The maximum absolute atomic E-state index is 12.3. The Kier molecular flexibility index (Phi) is 11.3. The van der Waals surface area contributed by atoms with Crippen molar-refractivity contribution in [2.24, 2.45) is 17.4 Å². The van der Waals surface area contributed by atoms with Crippen LogP contribution in [0.2, 0.25) is 0 Å². The van der Waals surface area contributed by atoms with E-state index in [0.717, 1.165) is 11.1 Å². The van der Waals surface area contributed by atoms with Crippen molar-refractivity contribution >= 4 is 29.8 Å². The molecule has 2 heterocycles. The number of carbonyl (C=O) groups excluding carboxylic acids is 4. The van der Waals surface area contributed by atoms with E-state index in [1.165, 1.54) is 9.80 Å². The third-order valence-electron chi connectivity index (χ3n) is 7.34. The molecule has 2 fully saturated rings. The molecule has 5 N–H and O–H groups in total. The molecule has 2 atom stereocenters. The van der Waals surface area contributed by atoms with E-state index >= 15 is 0 Å². The summed E-state index contributed by atoms with van der Waals surface area (Å²) in [6.07, 6.45) is 1.76. The number of benzene rings is 2. The minimum atomic E-state index is -1.04. The van der Waals surface area contributed by atoms with Gasteiger partial charge in [-0.05, 0) is 62.4 Å². The number of para-hydroxylation sites is 1. The molecular formula is C30H38N4O8. The fourth-order valence-electron chi connectivity index (χ4n) is 4.93. The zero-order chi connectivity index (χ0) is 30.8. The van der Waals surface area contributed by atoms with Crippen LogP contribution in [0.15, 0.2) is 48.5 Å². The molecule has 0 radical (unpaired) electrons. The fraction of sp³-hybridized carbons (Fsp3) is 0.433. The molecule has 2 unspecified atom stereocenters. The summed E-state index contributed by atoms with van der Waals surface area (Å²) >= 11 is 0. The molecule has 2 aromatic rings. The number of aliphatic carboxylic acids is 1. The lowest BCUT2D eigenvalue weighted by molar-refractivity contribution is -0.149. The maximum Gasteiger partial charge on any atom is 0.415 e. The van der Waals surface area contributed by atoms with Crippen molar-refractivity contribution < 1.29 is 38.6 Å². The van der Waals surface area contributed by atoms with Crippen molar-refractivity contribution in [3.8, 4) is 11.5 Å². The van der Waals surface area contributed by atoms with E-state index in [1.807, 2.05) is 32.0 Å². The lowest BCUT2D eigenvalue weighted by Crippen LogP contribution is -2.46. The first kappa shape index (κ1) is 31.9. The zero-order valence-electron chi connectivity index (χ0n) is 23.9. The SMILES string of the molecule is CC1CCC(=O)N1C(Cc1ccc(OC(=O)N2CCC(C(N)=O)CC2)cc1)C(=O)O.Cc1ccccc1OCC(N)=O. The van der Waals surface area contributed by atoms with E-state index in [1.54, 1.807) is 30.3 Å². The molecule has 42 heavy (non-hydrogen) atoms. The number of amides is 4. The second-order valence-corrected chi connectivity index (χ2v) is 10.4. The molecule has 4 amide bonds. The lowest BCUT2D eigenvalue weighted by atomic mass is 9.97. The molecule has 12 nitrogen and oxygen atoms in total. The van der Waals surface area contributed by atoms with Gasteiger partial charge in [-0.3, -0.25) is 14.4 Å². The Morgan fingerprint density at radius 1 is 1.00 bits per heavy atom. The van der Waals surface area contributed by atoms with Gasteiger partial charge in [-0.15, -0.1) is 0 Å². The van der Waals surface area contributed by atoms with Gasteiger partial charge in [-0.25, -0.2) is 9.59 Å². The highest BCUT2D eigenvalue weighted by Crippen LogP contribution is 2.25. The van der Waals surface area contributed by atoms with Gasteiger partial charge in [-0.2, -0.15) is 0 Å². The summed E-state index contributed by atoms with van der Waals surface area (Å²) in [6.45, 7) is 4.52. The van der Waals surface area contributed by atoms with Crippen LogP contribution >= 0.6 is 0 Å². The molecular weight excluding hydrogens is 544 g/mol. The van der Waals surface area contributed by atoms with Crippen molar-refractivity contribution in [2.75, 3.05) is 19.7 Å². The Morgan fingerprint density at radius 2 is 1.64 bits per heavy atom. The van der Waals surface area contributed by atoms with E-state index in [0.29, 0.717) is 50.3 Å². The Hall–Kier alpha value is -4.61. The van der Waals surface area contributed by atoms with Crippen LogP contribution in [0.5, 0.6) is 11.5 Å². The predicted octanol–water partition coefficient (Wildman–Crippen LogP) is 2.25. The number of carbonyl (C=O) groups is 5. The van der Waals surface area contributed by atoms with Gasteiger partial charge in [0, 0.05) is 37.9 Å². The number of hydrogen-bond acceptors (Lipinski definition) is 7. The number of nitrogens with zero attached hydrogens (tertiary/aromatic N) is 2. The van der Waals surface area contributed by atoms with E-state index in [2.05, 4.69) is 0 Å². The molecule has 0 spiro atoms. The Labute approximate surface area is 244 Å². The van der Waals surface area contributed by atoms with Crippen molar-refractivity contribution in [3.05, 3.63) is 59.7 Å². The van der Waals surface area contributed by atoms with E-state index < -0.39 is 24.0 Å². The second-order valence-electron chi connectivity index (χ2n) is 10.4. The number of primary amides is 2. The van der Waals surface area contributed by atoms with Gasteiger partial charge in [0.05, 0.1) is 0 Å². The summed E-state index contributed by atoms with van der Waals surface area (Å²) in [4.78, 5) is 60.7. The summed E-state index contributed by atoms with van der Waals surface area (Å²) in [5.74, 6) is -1.13. The van der Waals surface area contributed by atoms with Crippen molar-refractivity contribution in [2.45, 2.75) is 58.0 Å². The summed E-state index contributed by atoms with van der Waals surface area (Å²) in [5.41, 5.74) is 12.0. The predicted molar refractivity (Wildman–Crippen MR) is 152 cm³/mol. The minimum Gasteiger partial charge on any atom is -0.484 e. The highest BCUT2D eigenvalue weighted by molar-refractivity contribution is 5.85. The van der Waals surface area contributed by atoms with Gasteiger partial charge in [0.2, 0.25) is 11.8 Å². The molecule has 226 valence electrons. The number of carboxylic acids is 1. The number of aryl methyl sites for hydroxylation is 1. The Bertz CT molecular complexity index is 1270. The highest BCUT2D eigenvalue weighted by Gasteiger charge is 2.37. The van der Waals surface area contributed by atoms with Crippen molar-refractivity contribution in [1.82, 2.24) is 9.80 Å². The van der Waals surface area contributed by atoms with Crippen molar-refractivity contribution in [3.63, 3.8) is 0 Å². The molecule has 2 aromatic carbocycles. The number of likely N-dealkylation sites (tertiary alicyclic amines) is 2. The first-order valence-electron chi connectivity index (χ1n) is 13.8. The molecule has 2 aliphatic rings. The van der Waals surface area contributed by atoms with Crippen LogP contribution in [0.25, 0.3) is 0 Å². The van der Waals surface area contributed by atoms with E-state index in [-0.39, 0.29) is 36.8 Å². The van der Waals surface area contributed by atoms with E-state index in [9.17, 15) is 29.1 Å². The molecule has 4 rings (SSSR count). The van der Waals surface area contributed by atoms with Crippen LogP contribution in [0.3, 0.4) is 0 Å². The average Bonchev–Trinajstić information content (AvgIpc) is 3.29. The zero-order valence-corrected chi connectivity index (χ0v) is 23.9. The lowest BCUT2D eigenvalue weighted by Gasteiger charge is -2.29. The summed E-state index contributed by atoms with van der Waals surface area (Å²) in [6, 6.07) is 13.1. The minimum absolute atomic E-state index is 0.0646. The van der Waals surface area contributed by atoms with Gasteiger partial charge < -0.3 is 35.8 Å². The fourth-order valence-corrected chi connectivity index (χ4v) is 4.93. The molecule has 12 heteroatoms. The molecule has 2 saturated heterocycles. The number of nitrogens with two attached hydrogens (primary N) is 2. The number of carboxylic acid groups (broad SMARTS) is 1. The topological polar surface area (TPSA) is 183 Å². The molecule has 2 aliphatic heterocycles. The first-order chi connectivity index (χ1) is 20.0. The number of ether oxygens (including phenoxy) is 2. The van der Waals surface area contributed by atoms with E-state index in [4.69, 9.17) is 20.9 Å². The number of hydrogen-bond donors (Lipinski definition) is 3. The number of piperidine rings is 1. The standard InChI is InChI=1S/C21H27N3O6.C9H11NO2/c1-13-2-7-18(25)24(13)17(20(27)28)12-14-3-5-16(6-4-14)30-21(29)23-10-8-15(9-11-23)19(22)26;1-7-4-2-3-5-8(7)12-6-9(10)11/h3-6,13,15,17H,2,7-12H2,1H3,(H2,22,26)(H,27,28);2-5H,6H2,1H3,(H2,10,11). The molecule has 0 aliphatic carbocycles. The highest BCUT2D eigenvalue weighted by atomic mass is 16.6. The van der Waals surface area contributed by atoms with Crippen LogP contribution in [0, 0.1) is 12.8 Å². The van der Waals surface area contributed by atoms with Crippen LogP contribution in [-0.4, -0.2) is 76.5 Å². The smallest absolute Gasteiger partial charge is 0.415 e. The summed E-state index contributed by atoms with van der Waals surface area (Å²) in [7, 11) is 0. The average molecular weight is 583 g/mol. The van der Waals surface area contributed by atoms with Crippen molar-refractivity contribution in [1.29, 1.82) is 0 Å².